The Balaban J connectivity index is 1.14. The monoisotopic (exact) mass is 567 g/mol. The standard InChI is InChI=1S/C30H38ClN5O4/c31-27-3-1-24(2-4-27)29(33-40-22-28(37)35-17-19-39-20-18-35)25-9-15-36(16-10-25)30(38)26-7-13-34(14-8-26)21-23-5-11-32-12-6-23/h1-6,11-12,25-26H,7-10,13-22H2. The molecule has 2 amide bonds. The maximum atomic E-state index is 13.4. The summed E-state index contributed by atoms with van der Waals surface area (Å²) in [6.07, 6.45) is 7.05. The summed E-state index contributed by atoms with van der Waals surface area (Å²) >= 11 is 6.13. The number of aromatic nitrogens is 1. The van der Waals surface area contributed by atoms with E-state index in [-0.39, 0.29) is 30.3 Å². The Hall–Kier alpha value is -3.01. The quantitative estimate of drug-likeness (QED) is 0.359. The van der Waals surface area contributed by atoms with Crippen LogP contribution in [0.2, 0.25) is 5.02 Å². The van der Waals surface area contributed by atoms with Crippen LogP contribution in [0, 0.1) is 11.8 Å². The fourth-order valence-electron chi connectivity index (χ4n) is 5.76. The van der Waals surface area contributed by atoms with Gasteiger partial charge in [-0.15, -0.1) is 0 Å². The maximum absolute atomic E-state index is 13.4. The number of amides is 2. The van der Waals surface area contributed by atoms with Crippen LogP contribution in [0.4, 0.5) is 0 Å². The topological polar surface area (TPSA) is 87.6 Å². The smallest absolute Gasteiger partial charge is 0.263 e. The van der Waals surface area contributed by atoms with Gasteiger partial charge in [-0.2, -0.15) is 0 Å². The van der Waals surface area contributed by atoms with Gasteiger partial charge >= 0.3 is 0 Å². The van der Waals surface area contributed by atoms with Gasteiger partial charge in [0.25, 0.3) is 5.91 Å². The first-order chi connectivity index (χ1) is 19.6. The molecule has 1 aromatic carbocycles. The number of halogens is 1. The van der Waals surface area contributed by atoms with Crippen molar-refractivity contribution in [3.63, 3.8) is 0 Å². The number of carbonyl (C=O) groups excluding carboxylic acids is 2. The number of ether oxygens (including phenoxy) is 1. The number of benzene rings is 1. The fraction of sp³-hybridized carbons (Fsp3) is 0.533. The summed E-state index contributed by atoms with van der Waals surface area (Å²) in [5.41, 5.74) is 2.99. The molecule has 3 saturated heterocycles. The minimum atomic E-state index is -0.103. The Labute approximate surface area is 241 Å². The van der Waals surface area contributed by atoms with Crippen LogP contribution in [-0.4, -0.2) is 96.3 Å². The third kappa shape index (κ3) is 7.59. The second kappa shape index (κ2) is 14.1. The zero-order valence-corrected chi connectivity index (χ0v) is 23.7. The summed E-state index contributed by atoms with van der Waals surface area (Å²) in [7, 11) is 0. The maximum Gasteiger partial charge on any atom is 0.263 e. The SMILES string of the molecule is O=C(CON=C(c1ccc(Cl)cc1)C1CCN(C(=O)C2CCN(Cc3ccncc3)CC2)CC1)N1CCOCC1. The van der Waals surface area contributed by atoms with Crippen molar-refractivity contribution < 1.29 is 19.2 Å². The molecule has 0 unspecified atom stereocenters. The molecule has 214 valence electrons. The Morgan fingerprint density at radius 1 is 0.875 bits per heavy atom. The first kappa shape index (κ1) is 28.5. The molecule has 0 bridgehead atoms. The molecular formula is C30H38ClN5O4. The predicted octanol–water partition coefficient (Wildman–Crippen LogP) is 3.47. The number of pyridine rings is 1. The van der Waals surface area contributed by atoms with Crippen molar-refractivity contribution in [3.05, 3.63) is 64.9 Å². The number of morpholine rings is 1. The van der Waals surface area contributed by atoms with Crippen LogP contribution in [0.25, 0.3) is 0 Å². The van der Waals surface area contributed by atoms with Gasteiger partial charge in [-0.05, 0) is 74.2 Å². The molecule has 0 aliphatic carbocycles. The molecule has 0 spiro atoms. The van der Waals surface area contributed by atoms with Crippen molar-refractivity contribution in [1.82, 2.24) is 19.7 Å². The second-order valence-corrected chi connectivity index (χ2v) is 11.2. The van der Waals surface area contributed by atoms with Gasteiger partial charge in [0.2, 0.25) is 5.91 Å². The number of oxime groups is 1. The summed E-state index contributed by atoms with van der Waals surface area (Å²) in [6.45, 7) is 6.31. The molecule has 1 aromatic heterocycles. The van der Waals surface area contributed by atoms with Gasteiger partial charge in [0.05, 0.1) is 18.9 Å². The number of piperidine rings is 2. The lowest BCUT2D eigenvalue weighted by molar-refractivity contribution is -0.140. The van der Waals surface area contributed by atoms with Crippen LogP contribution in [0.3, 0.4) is 0 Å². The predicted molar refractivity (Wildman–Crippen MR) is 153 cm³/mol. The second-order valence-electron chi connectivity index (χ2n) is 10.8. The highest BCUT2D eigenvalue weighted by atomic mass is 35.5. The van der Waals surface area contributed by atoms with E-state index in [1.807, 2.05) is 41.6 Å². The number of hydrogen-bond acceptors (Lipinski definition) is 7. The van der Waals surface area contributed by atoms with E-state index in [0.29, 0.717) is 44.4 Å². The average molecular weight is 568 g/mol. The van der Waals surface area contributed by atoms with E-state index >= 15 is 0 Å². The van der Waals surface area contributed by atoms with E-state index in [1.54, 1.807) is 4.90 Å². The van der Waals surface area contributed by atoms with Gasteiger partial charge in [0.1, 0.15) is 0 Å². The molecule has 3 fully saturated rings. The van der Waals surface area contributed by atoms with E-state index < -0.39 is 0 Å². The van der Waals surface area contributed by atoms with Crippen molar-refractivity contribution in [2.45, 2.75) is 32.2 Å². The third-order valence-corrected chi connectivity index (χ3v) is 8.39. The van der Waals surface area contributed by atoms with Crippen molar-refractivity contribution in [1.29, 1.82) is 0 Å². The molecular weight excluding hydrogens is 530 g/mol. The molecule has 0 atom stereocenters. The Kier molecular flexibility index (Phi) is 10.0. The molecule has 40 heavy (non-hydrogen) atoms. The van der Waals surface area contributed by atoms with Crippen molar-refractivity contribution in [2.24, 2.45) is 17.0 Å². The number of likely N-dealkylation sites (tertiary alicyclic amines) is 2. The fourth-order valence-corrected chi connectivity index (χ4v) is 5.89. The Bertz CT molecular complexity index is 1140. The molecule has 2 aromatic rings. The van der Waals surface area contributed by atoms with E-state index in [9.17, 15) is 9.59 Å². The molecule has 4 heterocycles. The minimum Gasteiger partial charge on any atom is -0.385 e. The van der Waals surface area contributed by atoms with Gasteiger partial charge in [-0.3, -0.25) is 19.5 Å². The zero-order valence-electron chi connectivity index (χ0n) is 22.9. The lowest BCUT2D eigenvalue weighted by Crippen LogP contribution is -2.46. The number of rotatable bonds is 8. The van der Waals surface area contributed by atoms with Crippen LogP contribution in [0.5, 0.6) is 0 Å². The first-order valence-corrected chi connectivity index (χ1v) is 14.7. The average Bonchev–Trinajstić information content (AvgIpc) is 3.01. The molecule has 3 aliphatic heterocycles. The van der Waals surface area contributed by atoms with Crippen molar-refractivity contribution >= 4 is 29.1 Å². The highest BCUT2D eigenvalue weighted by molar-refractivity contribution is 6.30. The van der Waals surface area contributed by atoms with Crippen molar-refractivity contribution in [2.75, 3.05) is 59.1 Å². The van der Waals surface area contributed by atoms with Crippen LogP contribution >= 0.6 is 11.6 Å². The molecule has 0 radical (unpaired) electrons. The van der Waals surface area contributed by atoms with E-state index in [4.69, 9.17) is 21.2 Å². The summed E-state index contributed by atoms with van der Waals surface area (Å²) in [4.78, 5) is 41.8. The van der Waals surface area contributed by atoms with Gasteiger partial charge in [0.15, 0.2) is 6.61 Å². The molecule has 9 nitrogen and oxygen atoms in total. The lowest BCUT2D eigenvalue weighted by Gasteiger charge is -2.37. The summed E-state index contributed by atoms with van der Waals surface area (Å²) < 4.78 is 5.32. The molecule has 10 heteroatoms. The molecule has 0 N–H and O–H groups in total. The summed E-state index contributed by atoms with van der Waals surface area (Å²) in [5.74, 6) is 0.407. The number of nitrogens with zero attached hydrogens (tertiary/aromatic N) is 5. The Morgan fingerprint density at radius 2 is 1.52 bits per heavy atom. The van der Waals surface area contributed by atoms with Crippen molar-refractivity contribution in [3.8, 4) is 0 Å². The molecule has 5 rings (SSSR count). The number of hydrogen-bond donors (Lipinski definition) is 0. The van der Waals surface area contributed by atoms with Gasteiger partial charge in [-0.25, -0.2) is 0 Å². The van der Waals surface area contributed by atoms with Crippen LogP contribution < -0.4 is 0 Å². The van der Waals surface area contributed by atoms with E-state index in [2.05, 4.69) is 27.2 Å². The molecule has 3 aliphatic rings. The zero-order chi connectivity index (χ0) is 27.7. The first-order valence-electron chi connectivity index (χ1n) is 14.3. The van der Waals surface area contributed by atoms with Gasteiger partial charge in [0, 0.05) is 62.0 Å². The van der Waals surface area contributed by atoms with Crippen LogP contribution in [0.15, 0.2) is 53.9 Å². The summed E-state index contributed by atoms with van der Waals surface area (Å²) in [5, 5.41) is 5.12. The third-order valence-electron chi connectivity index (χ3n) is 8.14. The Morgan fingerprint density at radius 3 is 2.20 bits per heavy atom. The normalized spacial score (nSPS) is 20.0. The van der Waals surface area contributed by atoms with Crippen LogP contribution in [0.1, 0.15) is 36.8 Å². The minimum absolute atomic E-state index is 0.0872. The highest BCUT2D eigenvalue weighted by Crippen LogP contribution is 2.27. The van der Waals surface area contributed by atoms with Gasteiger partial charge in [-0.1, -0.05) is 28.9 Å². The van der Waals surface area contributed by atoms with Gasteiger partial charge < -0.3 is 19.4 Å². The molecule has 0 saturated carbocycles. The summed E-state index contributed by atoms with van der Waals surface area (Å²) in [6, 6.07) is 11.7. The van der Waals surface area contributed by atoms with E-state index in [1.165, 1.54) is 5.56 Å². The largest absolute Gasteiger partial charge is 0.385 e. The lowest BCUT2D eigenvalue weighted by atomic mass is 9.87. The van der Waals surface area contributed by atoms with E-state index in [0.717, 1.165) is 56.6 Å². The number of carbonyl (C=O) groups is 2. The van der Waals surface area contributed by atoms with Crippen LogP contribution in [-0.2, 0) is 25.7 Å². The highest BCUT2D eigenvalue weighted by Gasteiger charge is 2.32.